The van der Waals surface area contributed by atoms with Gasteiger partial charge in [-0.15, -0.1) is 0 Å². The Hall–Kier alpha value is -3.25. The maximum atomic E-state index is 12.3. The van der Waals surface area contributed by atoms with Gasteiger partial charge in [0.25, 0.3) is 5.56 Å². The third kappa shape index (κ3) is 4.48. The van der Waals surface area contributed by atoms with Crippen LogP contribution in [0.25, 0.3) is 11.3 Å². The highest BCUT2D eigenvalue weighted by Gasteiger charge is 2.10. The molecule has 3 aromatic rings. The van der Waals surface area contributed by atoms with Gasteiger partial charge in [-0.3, -0.25) is 14.4 Å². The smallest absolute Gasteiger partial charge is 0.267 e. The number of Topliss-reactive ketones (excluding diaryl/α,β-unsaturated/α-hetero) is 1. The minimum Gasteiger partial charge on any atom is -0.324 e. The number of anilines is 1. The molecule has 1 N–H and O–H groups in total. The van der Waals surface area contributed by atoms with Crippen LogP contribution in [0.1, 0.15) is 17.3 Å². The molecule has 0 saturated heterocycles. The normalized spacial score (nSPS) is 10.4. The molecule has 0 unspecified atom stereocenters. The number of amides is 1. The van der Waals surface area contributed by atoms with Gasteiger partial charge < -0.3 is 5.32 Å². The van der Waals surface area contributed by atoms with Gasteiger partial charge in [0.05, 0.1) is 10.7 Å². The average molecular weight is 382 g/mol. The fourth-order valence-electron chi connectivity index (χ4n) is 2.53. The lowest BCUT2D eigenvalue weighted by atomic mass is 10.1. The summed E-state index contributed by atoms with van der Waals surface area (Å²) in [5, 5.41) is 7.40. The van der Waals surface area contributed by atoms with E-state index in [1.54, 1.807) is 48.5 Å². The second-order valence-corrected chi connectivity index (χ2v) is 6.29. The molecule has 0 aliphatic heterocycles. The summed E-state index contributed by atoms with van der Waals surface area (Å²) < 4.78 is 1.07. The number of benzene rings is 2. The molecule has 0 saturated carbocycles. The number of nitrogens with one attached hydrogen (secondary N) is 1. The van der Waals surface area contributed by atoms with Crippen molar-refractivity contribution in [2.24, 2.45) is 0 Å². The Bertz CT molecular complexity index is 1080. The van der Waals surface area contributed by atoms with Crippen LogP contribution in [0.4, 0.5) is 5.69 Å². The van der Waals surface area contributed by atoms with E-state index >= 15 is 0 Å². The minimum atomic E-state index is -0.429. The van der Waals surface area contributed by atoms with Crippen LogP contribution in [0, 0.1) is 0 Å². The van der Waals surface area contributed by atoms with Gasteiger partial charge in [0.2, 0.25) is 5.91 Å². The van der Waals surface area contributed by atoms with Crippen molar-refractivity contribution in [1.82, 2.24) is 9.78 Å². The molecule has 7 heteroatoms. The minimum absolute atomic E-state index is 0.101. The van der Waals surface area contributed by atoms with Gasteiger partial charge >= 0.3 is 0 Å². The van der Waals surface area contributed by atoms with Crippen molar-refractivity contribution >= 4 is 29.0 Å². The molecule has 0 atom stereocenters. The maximum Gasteiger partial charge on any atom is 0.267 e. The van der Waals surface area contributed by atoms with Gasteiger partial charge in [0.15, 0.2) is 5.78 Å². The van der Waals surface area contributed by atoms with E-state index in [0.29, 0.717) is 27.5 Å². The summed E-state index contributed by atoms with van der Waals surface area (Å²) in [6.45, 7) is 1.19. The van der Waals surface area contributed by atoms with Crippen molar-refractivity contribution in [3.05, 3.63) is 81.6 Å². The molecule has 0 bridgehead atoms. The molecule has 2 aromatic carbocycles. The summed E-state index contributed by atoms with van der Waals surface area (Å²) in [5.41, 5.74) is 1.72. The Labute approximate surface area is 160 Å². The topological polar surface area (TPSA) is 81.1 Å². The molecule has 0 radical (unpaired) electrons. The standard InChI is InChI=1S/C20H16ClN3O3/c1-13(25)14-5-4-6-15(11-14)22-19(26)12-24-20(27)10-9-18(23-24)16-7-2-3-8-17(16)21/h2-11H,12H2,1H3,(H,22,26). The van der Waals surface area contributed by atoms with E-state index in [-0.39, 0.29) is 12.3 Å². The Morgan fingerprint density at radius 1 is 1.07 bits per heavy atom. The van der Waals surface area contributed by atoms with E-state index in [4.69, 9.17) is 11.6 Å². The molecule has 0 fully saturated rings. The highest BCUT2D eigenvalue weighted by Crippen LogP contribution is 2.24. The molecular formula is C20H16ClN3O3. The number of carbonyl (C=O) groups is 2. The second-order valence-electron chi connectivity index (χ2n) is 5.88. The zero-order valence-corrected chi connectivity index (χ0v) is 15.2. The van der Waals surface area contributed by atoms with E-state index in [9.17, 15) is 14.4 Å². The first kappa shape index (κ1) is 18.5. The van der Waals surface area contributed by atoms with Gasteiger partial charge in [0, 0.05) is 22.9 Å². The Morgan fingerprint density at radius 3 is 2.59 bits per heavy atom. The fraction of sp³-hybridized carbons (Fsp3) is 0.100. The van der Waals surface area contributed by atoms with Crippen molar-refractivity contribution in [2.75, 3.05) is 5.32 Å². The van der Waals surface area contributed by atoms with E-state index < -0.39 is 11.5 Å². The lowest BCUT2D eigenvalue weighted by Gasteiger charge is -2.09. The van der Waals surface area contributed by atoms with Crippen LogP contribution in [0.2, 0.25) is 5.02 Å². The zero-order chi connectivity index (χ0) is 19.4. The molecule has 0 aliphatic rings. The van der Waals surface area contributed by atoms with Gasteiger partial charge in [0.1, 0.15) is 6.54 Å². The van der Waals surface area contributed by atoms with Crippen LogP contribution >= 0.6 is 11.6 Å². The van der Waals surface area contributed by atoms with Crippen LogP contribution in [-0.4, -0.2) is 21.5 Å². The lowest BCUT2D eigenvalue weighted by molar-refractivity contribution is -0.117. The predicted molar refractivity (Wildman–Crippen MR) is 104 cm³/mol. The number of nitrogens with zero attached hydrogens (tertiary/aromatic N) is 2. The van der Waals surface area contributed by atoms with Crippen molar-refractivity contribution in [3.8, 4) is 11.3 Å². The quantitative estimate of drug-likeness (QED) is 0.687. The molecule has 0 spiro atoms. The number of halogens is 1. The van der Waals surface area contributed by atoms with Crippen molar-refractivity contribution in [3.63, 3.8) is 0 Å². The summed E-state index contributed by atoms with van der Waals surface area (Å²) in [6.07, 6.45) is 0. The molecule has 1 aromatic heterocycles. The molecule has 27 heavy (non-hydrogen) atoms. The van der Waals surface area contributed by atoms with Gasteiger partial charge in [-0.2, -0.15) is 5.10 Å². The predicted octanol–water partition coefficient (Wildman–Crippen LogP) is 3.41. The van der Waals surface area contributed by atoms with E-state index in [1.807, 2.05) is 6.07 Å². The number of carbonyl (C=O) groups excluding carboxylic acids is 2. The maximum absolute atomic E-state index is 12.3. The van der Waals surface area contributed by atoms with E-state index in [1.165, 1.54) is 13.0 Å². The number of hydrogen-bond donors (Lipinski definition) is 1. The molecule has 1 heterocycles. The lowest BCUT2D eigenvalue weighted by Crippen LogP contribution is -2.29. The number of aromatic nitrogens is 2. The molecule has 3 rings (SSSR count). The molecular weight excluding hydrogens is 366 g/mol. The van der Waals surface area contributed by atoms with Crippen molar-refractivity contribution in [1.29, 1.82) is 0 Å². The van der Waals surface area contributed by atoms with Crippen molar-refractivity contribution in [2.45, 2.75) is 13.5 Å². The van der Waals surface area contributed by atoms with Gasteiger partial charge in [-0.05, 0) is 31.2 Å². The number of hydrogen-bond acceptors (Lipinski definition) is 4. The summed E-state index contributed by atoms with van der Waals surface area (Å²) in [5.74, 6) is -0.530. The number of rotatable bonds is 5. The monoisotopic (exact) mass is 381 g/mol. The molecule has 1 amide bonds. The second kappa shape index (κ2) is 7.97. The first-order valence-corrected chi connectivity index (χ1v) is 8.56. The first-order valence-electron chi connectivity index (χ1n) is 8.18. The summed E-state index contributed by atoms with van der Waals surface area (Å²) in [6, 6.07) is 16.6. The summed E-state index contributed by atoms with van der Waals surface area (Å²) >= 11 is 6.17. The van der Waals surface area contributed by atoms with Crippen LogP contribution in [0.5, 0.6) is 0 Å². The van der Waals surface area contributed by atoms with E-state index in [0.717, 1.165) is 4.68 Å². The average Bonchev–Trinajstić information content (AvgIpc) is 2.64. The molecule has 6 nitrogen and oxygen atoms in total. The fourth-order valence-corrected chi connectivity index (χ4v) is 2.76. The Balaban J connectivity index is 1.81. The Morgan fingerprint density at radius 2 is 1.85 bits per heavy atom. The molecule has 136 valence electrons. The third-order valence-corrected chi connectivity index (χ3v) is 4.19. The van der Waals surface area contributed by atoms with Crippen LogP contribution in [0.15, 0.2) is 65.5 Å². The zero-order valence-electron chi connectivity index (χ0n) is 14.5. The third-order valence-electron chi connectivity index (χ3n) is 3.86. The highest BCUT2D eigenvalue weighted by atomic mass is 35.5. The molecule has 0 aliphatic carbocycles. The Kier molecular flexibility index (Phi) is 5.47. The number of ketones is 1. The largest absolute Gasteiger partial charge is 0.324 e. The van der Waals surface area contributed by atoms with Gasteiger partial charge in [-0.1, -0.05) is 41.9 Å². The SMILES string of the molecule is CC(=O)c1cccc(NC(=O)Cn2nc(-c3ccccc3Cl)ccc2=O)c1. The van der Waals surface area contributed by atoms with Crippen molar-refractivity contribution < 1.29 is 9.59 Å². The van der Waals surface area contributed by atoms with Crippen LogP contribution in [-0.2, 0) is 11.3 Å². The van der Waals surface area contributed by atoms with Crippen LogP contribution in [0.3, 0.4) is 0 Å². The van der Waals surface area contributed by atoms with Crippen LogP contribution < -0.4 is 10.9 Å². The van der Waals surface area contributed by atoms with E-state index in [2.05, 4.69) is 10.4 Å². The van der Waals surface area contributed by atoms with Gasteiger partial charge in [-0.25, -0.2) is 4.68 Å². The summed E-state index contributed by atoms with van der Waals surface area (Å²) in [7, 11) is 0. The first-order chi connectivity index (χ1) is 12.9. The summed E-state index contributed by atoms with van der Waals surface area (Å²) in [4.78, 5) is 35.8. The highest BCUT2D eigenvalue weighted by molar-refractivity contribution is 6.33.